The predicted molar refractivity (Wildman–Crippen MR) is 83.3 cm³/mol. The minimum atomic E-state index is -0.00138. The van der Waals surface area contributed by atoms with Gasteiger partial charge in [0.1, 0.15) is 0 Å². The van der Waals surface area contributed by atoms with Crippen molar-refractivity contribution in [1.29, 1.82) is 0 Å². The monoisotopic (exact) mass is 274 g/mol. The summed E-state index contributed by atoms with van der Waals surface area (Å²) in [7, 11) is 0. The van der Waals surface area contributed by atoms with Gasteiger partial charge in [-0.1, -0.05) is 37.6 Å². The molecule has 0 bridgehead atoms. The second kappa shape index (κ2) is 6.51. The number of piperazine rings is 1. The van der Waals surface area contributed by atoms with Crippen molar-refractivity contribution in [3.63, 3.8) is 0 Å². The molecule has 1 unspecified atom stereocenters. The van der Waals surface area contributed by atoms with E-state index in [-0.39, 0.29) is 11.8 Å². The van der Waals surface area contributed by atoms with Gasteiger partial charge in [0.25, 0.3) is 0 Å². The van der Waals surface area contributed by atoms with E-state index in [1.165, 1.54) is 5.56 Å². The smallest absolute Gasteiger partial charge is 0.180 e. The molecule has 2 rings (SSSR count). The average Bonchev–Trinajstić information content (AvgIpc) is 2.39. The molecule has 110 valence electrons. The van der Waals surface area contributed by atoms with Crippen molar-refractivity contribution in [3.8, 4) is 0 Å². The number of hydrogen-bond donors (Lipinski definition) is 1. The third-order valence-electron chi connectivity index (χ3n) is 4.09. The Balaban J connectivity index is 2.26. The normalized spacial score (nSPS) is 18.2. The maximum Gasteiger partial charge on any atom is 0.180 e. The van der Waals surface area contributed by atoms with Crippen molar-refractivity contribution < 1.29 is 4.79 Å². The second-order valence-electron chi connectivity index (χ2n) is 6.16. The zero-order chi connectivity index (χ0) is 14.7. The molecular weight excluding hydrogens is 248 g/mol. The van der Waals surface area contributed by atoms with Crippen molar-refractivity contribution in [2.75, 3.05) is 26.2 Å². The molecule has 1 saturated heterocycles. The second-order valence-corrected chi connectivity index (χ2v) is 6.16. The van der Waals surface area contributed by atoms with Gasteiger partial charge in [0, 0.05) is 31.7 Å². The van der Waals surface area contributed by atoms with Gasteiger partial charge in [-0.15, -0.1) is 0 Å². The minimum Gasteiger partial charge on any atom is -0.314 e. The summed E-state index contributed by atoms with van der Waals surface area (Å²) in [5.41, 5.74) is 3.19. The number of aryl methyl sites for hydroxylation is 2. The summed E-state index contributed by atoms with van der Waals surface area (Å²) in [4.78, 5) is 15.3. The van der Waals surface area contributed by atoms with Gasteiger partial charge in [-0.25, -0.2) is 0 Å². The van der Waals surface area contributed by atoms with Crippen LogP contribution in [0.15, 0.2) is 18.2 Å². The predicted octanol–water partition coefficient (Wildman–Crippen LogP) is 2.42. The summed E-state index contributed by atoms with van der Waals surface area (Å²) in [6.45, 7) is 12.3. The Morgan fingerprint density at radius 1 is 1.20 bits per heavy atom. The Hall–Kier alpha value is -1.19. The van der Waals surface area contributed by atoms with Crippen LogP contribution in [0, 0.1) is 19.8 Å². The Morgan fingerprint density at radius 3 is 2.40 bits per heavy atom. The van der Waals surface area contributed by atoms with Crippen LogP contribution >= 0.6 is 0 Å². The molecule has 3 heteroatoms. The highest BCUT2D eigenvalue weighted by Gasteiger charge is 2.31. The summed E-state index contributed by atoms with van der Waals surface area (Å²) in [6.07, 6.45) is 0. The number of carbonyl (C=O) groups excluding carboxylic acids is 1. The molecule has 1 aromatic rings. The number of nitrogens with one attached hydrogen (secondary N) is 1. The molecule has 3 nitrogen and oxygen atoms in total. The highest BCUT2D eigenvalue weighted by atomic mass is 16.1. The van der Waals surface area contributed by atoms with Gasteiger partial charge in [0.15, 0.2) is 5.78 Å². The molecule has 0 amide bonds. The van der Waals surface area contributed by atoms with Gasteiger partial charge >= 0.3 is 0 Å². The topological polar surface area (TPSA) is 32.3 Å². The van der Waals surface area contributed by atoms with Gasteiger partial charge in [-0.3, -0.25) is 9.69 Å². The van der Waals surface area contributed by atoms with E-state index in [4.69, 9.17) is 0 Å². The largest absolute Gasteiger partial charge is 0.314 e. The lowest BCUT2D eigenvalue weighted by Crippen LogP contribution is -2.53. The van der Waals surface area contributed by atoms with Gasteiger partial charge in [-0.2, -0.15) is 0 Å². The van der Waals surface area contributed by atoms with Crippen LogP contribution in [0.2, 0.25) is 0 Å². The standard InChI is InChI=1S/C17H26N2O/c1-12(2)16(19-9-7-18-8-10-19)17(20)15-6-5-13(3)11-14(15)4/h5-6,11-12,16,18H,7-10H2,1-4H3. The van der Waals surface area contributed by atoms with Gasteiger partial charge in [-0.05, 0) is 25.3 Å². The van der Waals surface area contributed by atoms with E-state index in [1.807, 2.05) is 19.1 Å². The molecule has 1 heterocycles. The molecule has 0 aliphatic carbocycles. The van der Waals surface area contributed by atoms with Crippen LogP contribution in [0.1, 0.15) is 35.3 Å². The van der Waals surface area contributed by atoms with Crippen molar-refractivity contribution in [3.05, 3.63) is 34.9 Å². The van der Waals surface area contributed by atoms with E-state index in [1.54, 1.807) is 0 Å². The molecule has 0 aromatic heterocycles. The summed E-state index contributed by atoms with van der Waals surface area (Å²) >= 11 is 0. The Labute approximate surface area is 122 Å². The Bertz CT molecular complexity index is 476. The third kappa shape index (κ3) is 3.28. The van der Waals surface area contributed by atoms with Crippen LogP contribution in [0.4, 0.5) is 0 Å². The Morgan fingerprint density at radius 2 is 1.85 bits per heavy atom. The fourth-order valence-electron chi connectivity index (χ4n) is 3.10. The number of benzene rings is 1. The molecule has 1 aromatic carbocycles. The van der Waals surface area contributed by atoms with E-state index in [0.29, 0.717) is 5.92 Å². The first-order chi connectivity index (χ1) is 9.50. The van der Waals surface area contributed by atoms with Crippen LogP contribution < -0.4 is 5.32 Å². The SMILES string of the molecule is Cc1ccc(C(=O)C(C(C)C)N2CCNCC2)c(C)c1. The number of hydrogen-bond acceptors (Lipinski definition) is 3. The summed E-state index contributed by atoms with van der Waals surface area (Å²) in [5.74, 6) is 0.612. The molecule has 1 aliphatic rings. The van der Waals surface area contributed by atoms with Crippen LogP contribution in [-0.4, -0.2) is 42.9 Å². The molecule has 20 heavy (non-hydrogen) atoms. The summed E-state index contributed by atoms with van der Waals surface area (Å²) < 4.78 is 0. The number of Topliss-reactive ketones (excluding diaryl/α,β-unsaturated/α-hetero) is 1. The summed E-state index contributed by atoms with van der Waals surface area (Å²) in [5, 5.41) is 3.35. The van der Waals surface area contributed by atoms with Crippen molar-refractivity contribution in [2.45, 2.75) is 33.7 Å². The first-order valence-electron chi connectivity index (χ1n) is 7.57. The lowest BCUT2D eigenvalue weighted by atomic mass is 9.90. The lowest BCUT2D eigenvalue weighted by molar-refractivity contribution is 0.0718. The maximum atomic E-state index is 13.0. The molecule has 0 saturated carbocycles. The van der Waals surface area contributed by atoms with Crippen LogP contribution in [-0.2, 0) is 0 Å². The van der Waals surface area contributed by atoms with Crippen molar-refractivity contribution in [2.24, 2.45) is 5.92 Å². The molecule has 1 N–H and O–H groups in total. The molecule has 0 radical (unpaired) electrons. The van der Waals surface area contributed by atoms with Crippen molar-refractivity contribution >= 4 is 5.78 Å². The molecule has 1 aliphatic heterocycles. The zero-order valence-electron chi connectivity index (χ0n) is 13.1. The first kappa shape index (κ1) is 15.2. The molecular formula is C17H26N2O. The van der Waals surface area contributed by atoms with Crippen LogP contribution in [0.5, 0.6) is 0 Å². The van der Waals surface area contributed by atoms with Crippen LogP contribution in [0.3, 0.4) is 0 Å². The first-order valence-corrected chi connectivity index (χ1v) is 7.57. The zero-order valence-corrected chi connectivity index (χ0v) is 13.1. The quantitative estimate of drug-likeness (QED) is 0.856. The Kier molecular flexibility index (Phi) is 4.95. The van der Waals surface area contributed by atoms with E-state index < -0.39 is 0 Å². The fourth-order valence-corrected chi connectivity index (χ4v) is 3.10. The fraction of sp³-hybridized carbons (Fsp3) is 0.588. The number of ketones is 1. The average molecular weight is 274 g/mol. The van der Waals surface area contributed by atoms with Gasteiger partial charge in [0.05, 0.1) is 6.04 Å². The van der Waals surface area contributed by atoms with Gasteiger partial charge in [0.2, 0.25) is 0 Å². The van der Waals surface area contributed by atoms with E-state index in [2.05, 4.69) is 37.1 Å². The van der Waals surface area contributed by atoms with E-state index in [0.717, 1.165) is 37.3 Å². The maximum absolute atomic E-state index is 13.0. The third-order valence-corrected chi connectivity index (χ3v) is 4.09. The van der Waals surface area contributed by atoms with Crippen molar-refractivity contribution in [1.82, 2.24) is 10.2 Å². The van der Waals surface area contributed by atoms with Gasteiger partial charge < -0.3 is 5.32 Å². The molecule has 0 spiro atoms. The highest BCUT2D eigenvalue weighted by molar-refractivity contribution is 6.01. The number of nitrogens with zero attached hydrogens (tertiary/aromatic N) is 1. The lowest BCUT2D eigenvalue weighted by Gasteiger charge is -2.36. The highest BCUT2D eigenvalue weighted by Crippen LogP contribution is 2.20. The summed E-state index contributed by atoms with van der Waals surface area (Å²) in [6, 6.07) is 6.13. The van der Waals surface area contributed by atoms with Crippen LogP contribution in [0.25, 0.3) is 0 Å². The van der Waals surface area contributed by atoms with E-state index >= 15 is 0 Å². The number of rotatable bonds is 4. The molecule has 1 atom stereocenters. The molecule has 1 fully saturated rings. The minimum absolute atomic E-state index is 0.00138. The van der Waals surface area contributed by atoms with E-state index in [9.17, 15) is 4.79 Å². The number of carbonyl (C=O) groups is 1.